The average Bonchev–Trinajstić information content (AvgIpc) is 2.53. The van der Waals surface area contributed by atoms with Crippen molar-refractivity contribution in [1.29, 1.82) is 0 Å². The third kappa shape index (κ3) is 4.21. The Balaban J connectivity index is 1.91. The largest absolute Gasteiger partial charge is 0.497 e. The zero-order valence-corrected chi connectivity index (χ0v) is 13.3. The second-order valence-electron chi connectivity index (χ2n) is 5.68. The van der Waals surface area contributed by atoms with E-state index in [1.165, 1.54) is 5.56 Å². The molecule has 1 aliphatic heterocycles. The number of hydrogen-bond donors (Lipinski definition) is 1. The summed E-state index contributed by atoms with van der Waals surface area (Å²) in [6.07, 6.45) is 3.12. The van der Waals surface area contributed by atoms with Gasteiger partial charge in [-0.15, -0.1) is 0 Å². The smallest absolute Gasteiger partial charge is 0.219 e. The number of likely N-dealkylation sites (tertiary alicyclic amines) is 1. The van der Waals surface area contributed by atoms with Crippen LogP contribution in [0, 0.1) is 0 Å². The summed E-state index contributed by atoms with van der Waals surface area (Å²) in [7, 11) is 1.69. The highest BCUT2D eigenvalue weighted by molar-refractivity contribution is 5.73. The van der Waals surface area contributed by atoms with Crippen molar-refractivity contribution in [3.8, 4) is 5.75 Å². The number of nitrogens with zero attached hydrogens (tertiary/aromatic N) is 1. The van der Waals surface area contributed by atoms with Gasteiger partial charge in [0.25, 0.3) is 0 Å². The zero-order chi connectivity index (χ0) is 15.2. The van der Waals surface area contributed by atoms with Crippen LogP contribution in [0.15, 0.2) is 24.3 Å². The van der Waals surface area contributed by atoms with Crippen LogP contribution in [0.2, 0.25) is 0 Å². The van der Waals surface area contributed by atoms with Gasteiger partial charge in [0.05, 0.1) is 7.11 Å². The molecule has 1 atom stereocenters. The summed E-state index contributed by atoms with van der Waals surface area (Å²) >= 11 is 0. The lowest BCUT2D eigenvalue weighted by molar-refractivity contribution is -0.129. The number of amides is 1. The van der Waals surface area contributed by atoms with Gasteiger partial charge in [0.1, 0.15) is 5.75 Å². The molecule has 21 heavy (non-hydrogen) atoms. The van der Waals surface area contributed by atoms with Crippen molar-refractivity contribution in [2.45, 2.75) is 45.2 Å². The fourth-order valence-electron chi connectivity index (χ4n) is 2.93. The van der Waals surface area contributed by atoms with Crippen molar-refractivity contribution in [3.63, 3.8) is 0 Å². The molecule has 1 aromatic carbocycles. The molecule has 0 aliphatic carbocycles. The average molecular weight is 290 g/mol. The van der Waals surface area contributed by atoms with Crippen molar-refractivity contribution >= 4 is 5.91 Å². The van der Waals surface area contributed by atoms with E-state index in [1.54, 1.807) is 14.0 Å². The minimum atomic E-state index is 0.190. The molecular weight excluding hydrogens is 264 g/mol. The second kappa shape index (κ2) is 7.46. The molecule has 0 bridgehead atoms. The highest BCUT2D eigenvalue weighted by Crippen LogP contribution is 2.22. The second-order valence-corrected chi connectivity index (χ2v) is 5.68. The normalized spacial score (nSPS) is 17.6. The summed E-state index contributed by atoms with van der Waals surface area (Å²) in [6.45, 7) is 5.59. The van der Waals surface area contributed by atoms with E-state index < -0.39 is 0 Å². The molecule has 4 heteroatoms. The van der Waals surface area contributed by atoms with Gasteiger partial charge < -0.3 is 15.0 Å². The number of methoxy groups -OCH3 is 1. The van der Waals surface area contributed by atoms with Crippen LogP contribution in [0.5, 0.6) is 5.75 Å². The minimum absolute atomic E-state index is 0.190. The Morgan fingerprint density at radius 2 is 1.95 bits per heavy atom. The van der Waals surface area contributed by atoms with Crippen LogP contribution in [0.3, 0.4) is 0 Å². The number of ether oxygens (including phenoxy) is 1. The highest BCUT2D eigenvalue weighted by Gasteiger charge is 2.22. The topological polar surface area (TPSA) is 41.6 Å². The lowest BCUT2D eigenvalue weighted by atomic mass is 9.99. The Morgan fingerprint density at radius 3 is 2.43 bits per heavy atom. The van der Waals surface area contributed by atoms with Crippen molar-refractivity contribution in [3.05, 3.63) is 29.8 Å². The van der Waals surface area contributed by atoms with Gasteiger partial charge in [0.15, 0.2) is 0 Å². The Bertz CT molecular complexity index is 450. The Morgan fingerprint density at radius 1 is 1.33 bits per heavy atom. The maximum Gasteiger partial charge on any atom is 0.219 e. The van der Waals surface area contributed by atoms with E-state index in [0.29, 0.717) is 12.1 Å². The Kier molecular flexibility index (Phi) is 5.62. The van der Waals surface area contributed by atoms with Gasteiger partial charge in [-0.3, -0.25) is 4.79 Å². The Labute approximate surface area is 127 Å². The summed E-state index contributed by atoms with van der Waals surface area (Å²) in [6, 6.07) is 9.14. The standard InChI is InChI=1S/C17H26N2O2/c1-4-17(14-5-7-16(21-3)8-6-14)18-15-9-11-19(12-10-15)13(2)20/h5-8,15,17-18H,4,9-12H2,1-3H3. The monoisotopic (exact) mass is 290 g/mol. The lowest BCUT2D eigenvalue weighted by Gasteiger charge is -2.34. The van der Waals surface area contributed by atoms with Crippen molar-refractivity contribution < 1.29 is 9.53 Å². The van der Waals surface area contributed by atoms with Crippen LogP contribution in [0.1, 0.15) is 44.7 Å². The van der Waals surface area contributed by atoms with Crippen molar-refractivity contribution in [2.24, 2.45) is 0 Å². The van der Waals surface area contributed by atoms with E-state index in [1.807, 2.05) is 17.0 Å². The highest BCUT2D eigenvalue weighted by atomic mass is 16.5. The van der Waals surface area contributed by atoms with Crippen molar-refractivity contribution in [2.75, 3.05) is 20.2 Å². The van der Waals surface area contributed by atoms with Crippen molar-refractivity contribution in [1.82, 2.24) is 10.2 Å². The summed E-state index contributed by atoms with van der Waals surface area (Å²) in [5.74, 6) is 1.08. The van der Waals surface area contributed by atoms with Gasteiger partial charge in [0.2, 0.25) is 5.91 Å². The molecule has 116 valence electrons. The molecule has 4 nitrogen and oxygen atoms in total. The third-order valence-electron chi connectivity index (χ3n) is 4.30. The van der Waals surface area contributed by atoms with E-state index in [4.69, 9.17) is 4.74 Å². The maximum atomic E-state index is 11.4. The number of hydrogen-bond acceptors (Lipinski definition) is 3. The number of piperidine rings is 1. The molecule has 0 spiro atoms. The predicted octanol–water partition coefficient (Wildman–Crippen LogP) is 2.75. The minimum Gasteiger partial charge on any atom is -0.497 e. The molecule has 1 N–H and O–H groups in total. The SMILES string of the molecule is CCC(NC1CCN(C(C)=O)CC1)c1ccc(OC)cc1. The van der Waals surface area contributed by atoms with Crippen LogP contribution in [0.25, 0.3) is 0 Å². The van der Waals surface area contributed by atoms with E-state index >= 15 is 0 Å². The molecule has 1 unspecified atom stereocenters. The van der Waals surface area contributed by atoms with E-state index in [2.05, 4.69) is 24.4 Å². The van der Waals surface area contributed by atoms with Gasteiger partial charge >= 0.3 is 0 Å². The van der Waals surface area contributed by atoms with Crippen LogP contribution in [-0.4, -0.2) is 37.0 Å². The van der Waals surface area contributed by atoms with Gasteiger partial charge in [-0.25, -0.2) is 0 Å². The summed E-state index contributed by atoms with van der Waals surface area (Å²) in [4.78, 5) is 13.3. The molecule has 0 aromatic heterocycles. The number of nitrogens with one attached hydrogen (secondary N) is 1. The molecule has 1 amide bonds. The first-order valence-corrected chi connectivity index (χ1v) is 7.79. The Hall–Kier alpha value is -1.55. The van der Waals surface area contributed by atoms with Gasteiger partial charge in [-0.1, -0.05) is 19.1 Å². The molecule has 1 aromatic rings. The van der Waals surface area contributed by atoms with Crippen LogP contribution >= 0.6 is 0 Å². The number of benzene rings is 1. The molecule has 2 rings (SSSR count). The fourth-order valence-corrected chi connectivity index (χ4v) is 2.93. The van der Waals surface area contributed by atoms with Crippen LogP contribution < -0.4 is 10.1 Å². The molecule has 0 saturated carbocycles. The fraction of sp³-hybridized carbons (Fsp3) is 0.588. The maximum absolute atomic E-state index is 11.4. The van der Waals surface area contributed by atoms with Gasteiger partial charge in [0, 0.05) is 32.1 Å². The van der Waals surface area contributed by atoms with Gasteiger partial charge in [-0.2, -0.15) is 0 Å². The molecule has 1 heterocycles. The number of carbonyl (C=O) groups is 1. The van der Waals surface area contributed by atoms with E-state index in [-0.39, 0.29) is 5.91 Å². The summed E-state index contributed by atoms with van der Waals surface area (Å²) < 4.78 is 5.21. The zero-order valence-electron chi connectivity index (χ0n) is 13.3. The quantitative estimate of drug-likeness (QED) is 0.906. The number of carbonyl (C=O) groups excluding carboxylic acids is 1. The summed E-state index contributed by atoms with van der Waals surface area (Å²) in [5, 5.41) is 3.74. The molecule has 1 saturated heterocycles. The predicted molar refractivity (Wildman–Crippen MR) is 84.4 cm³/mol. The van der Waals surface area contributed by atoms with Gasteiger partial charge in [-0.05, 0) is 37.0 Å². The first-order valence-electron chi connectivity index (χ1n) is 7.79. The van der Waals surface area contributed by atoms with E-state index in [0.717, 1.165) is 38.1 Å². The molecule has 1 fully saturated rings. The first-order chi connectivity index (χ1) is 10.1. The van der Waals surface area contributed by atoms with E-state index in [9.17, 15) is 4.79 Å². The first kappa shape index (κ1) is 15.8. The third-order valence-corrected chi connectivity index (χ3v) is 4.30. The molecule has 1 aliphatic rings. The molecular formula is C17H26N2O2. The van der Waals surface area contributed by atoms with Crippen LogP contribution in [-0.2, 0) is 4.79 Å². The lowest BCUT2D eigenvalue weighted by Crippen LogP contribution is -2.45. The summed E-state index contributed by atoms with van der Waals surface area (Å²) in [5.41, 5.74) is 1.30. The molecule has 0 radical (unpaired) electrons. The van der Waals surface area contributed by atoms with Crippen LogP contribution in [0.4, 0.5) is 0 Å². The number of rotatable bonds is 5.